The summed E-state index contributed by atoms with van der Waals surface area (Å²) in [5, 5.41) is 11.4. The van der Waals surface area contributed by atoms with E-state index in [0.717, 1.165) is 28.7 Å². The Labute approximate surface area is 142 Å². The van der Waals surface area contributed by atoms with E-state index in [2.05, 4.69) is 61.9 Å². The van der Waals surface area contributed by atoms with Gasteiger partial charge in [0.15, 0.2) is 0 Å². The first-order valence-electron chi connectivity index (χ1n) is 7.27. The highest BCUT2D eigenvalue weighted by Crippen LogP contribution is 2.24. The molecule has 3 heterocycles. The lowest BCUT2D eigenvalue weighted by atomic mass is 10.1. The minimum Gasteiger partial charge on any atom is -0.262 e. The van der Waals surface area contributed by atoms with E-state index < -0.39 is 0 Å². The Morgan fingerprint density at radius 2 is 2.04 bits per heavy atom. The normalized spacial score (nSPS) is 11.1. The maximum Gasteiger partial charge on any atom is 0.208 e. The Hall–Kier alpha value is -2.18. The van der Waals surface area contributed by atoms with Gasteiger partial charge in [-0.1, -0.05) is 42.1 Å². The number of para-hydroxylation sites is 1. The fourth-order valence-corrected chi connectivity index (χ4v) is 3.94. The lowest BCUT2D eigenvalue weighted by molar-refractivity contribution is 0.960. The molecule has 0 radical (unpaired) electrons. The maximum atomic E-state index is 4.56. The number of pyridine rings is 1. The first kappa shape index (κ1) is 14.4. The number of aromatic amines is 1. The standard InChI is InChI=1S/C17H14N4S2/c1-4-12-6-2-8-18-16(12)13(5-1)11-23-17-19-15(20-21-17)10-14-7-3-9-22-14/h1-9H,10-11H2,(H,19,20,21). The van der Waals surface area contributed by atoms with Gasteiger partial charge in [-0.15, -0.1) is 16.4 Å². The van der Waals surface area contributed by atoms with Crippen LogP contribution in [0.25, 0.3) is 10.9 Å². The lowest BCUT2D eigenvalue weighted by Gasteiger charge is -2.03. The van der Waals surface area contributed by atoms with E-state index in [1.165, 1.54) is 15.8 Å². The number of nitrogens with zero attached hydrogens (tertiary/aromatic N) is 3. The van der Waals surface area contributed by atoms with E-state index in [1.807, 2.05) is 12.3 Å². The quantitative estimate of drug-likeness (QED) is 0.551. The van der Waals surface area contributed by atoms with Crippen molar-refractivity contribution in [2.24, 2.45) is 0 Å². The van der Waals surface area contributed by atoms with Crippen LogP contribution in [0.5, 0.6) is 0 Å². The number of fused-ring (bicyclic) bond motifs is 1. The van der Waals surface area contributed by atoms with Crippen LogP contribution in [0, 0.1) is 0 Å². The molecule has 0 bridgehead atoms. The van der Waals surface area contributed by atoms with Crippen LogP contribution in [0.2, 0.25) is 0 Å². The topological polar surface area (TPSA) is 54.5 Å². The van der Waals surface area contributed by atoms with E-state index >= 15 is 0 Å². The summed E-state index contributed by atoms with van der Waals surface area (Å²) in [6.45, 7) is 0. The van der Waals surface area contributed by atoms with E-state index in [4.69, 9.17) is 0 Å². The first-order chi connectivity index (χ1) is 11.4. The Bertz CT molecular complexity index is 910. The lowest BCUT2D eigenvalue weighted by Crippen LogP contribution is -1.88. The molecular weight excluding hydrogens is 324 g/mol. The molecule has 23 heavy (non-hydrogen) atoms. The van der Waals surface area contributed by atoms with Crippen molar-refractivity contribution in [3.05, 3.63) is 70.3 Å². The second-order valence-corrected chi connectivity index (χ2v) is 7.08. The van der Waals surface area contributed by atoms with E-state index in [-0.39, 0.29) is 0 Å². The Kier molecular flexibility index (Phi) is 4.08. The van der Waals surface area contributed by atoms with Gasteiger partial charge in [0.2, 0.25) is 5.16 Å². The highest BCUT2D eigenvalue weighted by molar-refractivity contribution is 7.98. The van der Waals surface area contributed by atoms with Crippen LogP contribution in [0.1, 0.15) is 16.3 Å². The average Bonchev–Trinajstić information content (AvgIpc) is 3.25. The summed E-state index contributed by atoms with van der Waals surface area (Å²) in [5.41, 5.74) is 2.26. The molecule has 3 aromatic heterocycles. The molecule has 0 atom stereocenters. The van der Waals surface area contributed by atoms with Crippen molar-refractivity contribution < 1.29 is 0 Å². The van der Waals surface area contributed by atoms with Crippen molar-refractivity contribution in [2.45, 2.75) is 17.3 Å². The summed E-state index contributed by atoms with van der Waals surface area (Å²) in [4.78, 5) is 10.3. The van der Waals surface area contributed by atoms with Gasteiger partial charge in [0, 0.05) is 28.6 Å². The zero-order chi connectivity index (χ0) is 15.5. The number of H-pyrrole nitrogens is 1. The zero-order valence-corrected chi connectivity index (χ0v) is 13.9. The minimum absolute atomic E-state index is 0.782. The molecule has 0 aliphatic carbocycles. The van der Waals surface area contributed by atoms with Crippen molar-refractivity contribution in [3.63, 3.8) is 0 Å². The number of aromatic nitrogens is 4. The third-order valence-electron chi connectivity index (χ3n) is 3.51. The van der Waals surface area contributed by atoms with Crippen molar-refractivity contribution in [3.8, 4) is 0 Å². The predicted octanol–water partition coefficient (Wildman–Crippen LogP) is 4.30. The third kappa shape index (κ3) is 3.28. The number of nitrogens with one attached hydrogen (secondary N) is 1. The SMILES string of the molecule is c1csc(Cc2nc(SCc3cccc4cccnc34)n[nH]2)c1. The van der Waals surface area contributed by atoms with Crippen LogP contribution < -0.4 is 0 Å². The summed E-state index contributed by atoms with van der Waals surface area (Å²) in [6, 6.07) is 14.5. The van der Waals surface area contributed by atoms with Gasteiger partial charge >= 0.3 is 0 Å². The number of rotatable bonds is 5. The Balaban J connectivity index is 1.47. The molecule has 0 aliphatic rings. The molecule has 0 spiro atoms. The van der Waals surface area contributed by atoms with Crippen molar-refractivity contribution in [1.29, 1.82) is 0 Å². The van der Waals surface area contributed by atoms with Gasteiger partial charge in [-0.2, -0.15) is 0 Å². The average molecular weight is 338 g/mol. The van der Waals surface area contributed by atoms with Gasteiger partial charge in [-0.3, -0.25) is 10.1 Å². The number of thiophene rings is 1. The second kappa shape index (κ2) is 6.52. The fraction of sp³-hybridized carbons (Fsp3) is 0.118. The van der Waals surface area contributed by atoms with Crippen molar-refractivity contribution in [1.82, 2.24) is 20.2 Å². The molecule has 0 amide bonds. The van der Waals surface area contributed by atoms with Crippen molar-refractivity contribution >= 4 is 34.0 Å². The molecule has 0 saturated carbocycles. The maximum absolute atomic E-state index is 4.56. The van der Waals surface area contributed by atoms with E-state index in [9.17, 15) is 0 Å². The smallest absolute Gasteiger partial charge is 0.208 e. The van der Waals surface area contributed by atoms with Gasteiger partial charge in [0.1, 0.15) is 5.82 Å². The summed E-state index contributed by atoms with van der Waals surface area (Å²) < 4.78 is 0. The number of hydrogen-bond donors (Lipinski definition) is 1. The van der Waals surface area contributed by atoms with Gasteiger partial charge < -0.3 is 0 Å². The molecule has 4 rings (SSSR count). The van der Waals surface area contributed by atoms with Crippen LogP contribution in [-0.2, 0) is 12.2 Å². The second-order valence-electron chi connectivity index (χ2n) is 5.10. The Morgan fingerprint density at radius 1 is 1.09 bits per heavy atom. The van der Waals surface area contributed by atoms with Gasteiger partial charge in [-0.05, 0) is 23.1 Å². The molecule has 6 heteroatoms. The fourth-order valence-electron chi connectivity index (χ4n) is 2.43. The monoisotopic (exact) mass is 338 g/mol. The molecule has 4 nitrogen and oxygen atoms in total. The first-order valence-corrected chi connectivity index (χ1v) is 9.14. The molecule has 0 fully saturated rings. The van der Waals surface area contributed by atoms with Gasteiger partial charge in [0.25, 0.3) is 0 Å². The van der Waals surface area contributed by atoms with Crippen LogP contribution in [0.4, 0.5) is 0 Å². The minimum atomic E-state index is 0.782. The number of thioether (sulfide) groups is 1. The number of hydrogen-bond acceptors (Lipinski definition) is 5. The van der Waals surface area contributed by atoms with E-state index in [1.54, 1.807) is 23.1 Å². The summed E-state index contributed by atoms with van der Waals surface area (Å²) in [7, 11) is 0. The van der Waals surface area contributed by atoms with Crippen LogP contribution in [0.3, 0.4) is 0 Å². The van der Waals surface area contributed by atoms with Crippen LogP contribution in [-0.4, -0.2) is 20.2 Å². The molecule has 114 valence electrons. The highest BCUT2D eigenvalue weighted by atomic mass is 32.2. The summed E-state index contributed by atoms with van der Waals surface area (Å²) >= 11 is 3.37. The molecule has 1 aromatic carbocycles. The largest absolute Gasteiger partial charge is 0.262 e. The molecule has 1 N–H and O–H groups in total. The van der Waals surface area contributed by atoms with Crippen LogP contribution in [0.15, 0.2) is 59.2 Å². The highest BCUT2D eigenvalue weighted by Gasteiger charge is 2.08. The van der Waals surface area contributed by atoms with Crippen LogP contribution >= 0.6 is 23.1 Å². The predicted molar refractivity (Wildman–Crippen MR) is 94.8 cm³/mol. The summed E-state index contributed by atoms with van der Waals surface area (Å²) in [6.07, 6.45) is 2.64. The summed E-state index contributed by atoms with van der Waals surface area (Å²) in [5.74, 6) is 1.72. The molecular formula is C17H14N4S2. The molecule has 0 aliphatic heterocycles. The number of benzene rings is 1. The van der Waals surface area contributed by atoms with Crippen molar-refractivity contribution in [2.75, 3.05) is 0 Å². The molecule has 0 unspecified atom stereocenters. The van der Waals surface area contributed by atoms with E-state index in [0.29, 0.717) is 0 Å². The van der Waals surface area contributed by atoms with Gasteiger partial charge in [-0.25, -0.2) is 4.98 Å². The zero-order valence-electron chi connectivity index (χ0n) is 12.3. The van der Waals surface area contributed by atoms with Gasteiger partial charge in [0.05, 0.1) is 5.52 Å². The molecule has 4 aromatic rings. The Morgan fingerprint density at radius 3 is 2.96 bits per heavy atom. The third-order valence-corrected chi connectivity index (χ3v) is 5.28. The molecule has 0 saturated heterocycles.